The molecule has 0 atom stereocenters. The lowest BCUT2D eigenvalue weighted by Crippen LogP contribution is -2.78. The minimum absolute atomic E-state index is 5.25. The van der Waals surface area contributed by atoms with E-state index in [0.29, 0.717) is 0 Å². The molecule has 1 nitrogen and oxygen atoms in total. The number of halogens is 22. The molecule has 0 aromatic rings. The third-order valence-corrected chi connectivity index (χ3v) is 3.38. The lowest BCUT2D eigenvalue weighted by Gasteiger charge is -2.47. The van der Waals surface area contributed by atoms with Gasteiger partial charge in [-0.1, -0.05) is 0 Å². The molecule has 0 saturated carbocycles. The predicted octanol–water partition coefficient (Wildman–Crippen LogP) is 7.00. The second-order valence-corrected chi connectivity index (χ2v) is 5.60. The van der Waals surface area contributed by atoms with E-state index >= 15 is 0 Å². The molecule has 0 aliphatic carbocycles. The topological polar surface area (TPSA) is 3.24 Å². The minimum Gasteiger partial charge on any atom is -0.202 e. The van der Waals surface area contributed by atoms with E-state index in [-0.39, 0.29) is 0 Å². The first-order valence-electron chi connectivity index (χ1n) is 6.68. The van der Waals surface area contributed by atoms with Crippen molar-refractivity contribution in [3.8, 4) is 0 Å². The van der Waals surface area contributed by atoms with Crippen LogP contribution in [0.2, 0.25) is 0 Å². The van der Waals surface area contributed by atoms with Crippen LogP contribution in [0.4, 0.5) is 96.6 Å². The van der Waals surface area contributed by atoms with E-state index < -0.39 is 65.5 Å². The molecule has 0 heterocycles. The molecule has 0 rings (SSSR count). The Balaban J connectivity index is 7.46. The molecule has 23 heteroatoms. The fourth-order valence-electron chi connectivity index (χ4n) is 1.66. The fourth-order valence-corrected chi connectivity index (χ4v) is 1.66. The Morgan fingerprint density at radius 3 is 0.727 bits per heavy atom. The maximum Gasteiger partial charge on any atom is 0.460 e. The SMILES string of the molecule is FC(F)C(F)(F)N(C(F)(F)C(F)(F)C(F)(F)C(F)(F)F)C(F)(F)C(F)(F)C(F)(F)C(F)(F)F. The second kappa shape index (κ2) is 7.71. The summed E-state index contributed by atoms with van der Waals surface area (Å²) in [4.78, 5) is -5.25. The van der Waals surface area contributed by atoms with Crippen molar-refractivity contribution in [2.24, 2.45) is 0 Å². The van der Waals surface area contributed by atoms with E-state index in [2.05, 4.69) is 0 Å². The lowest BCUT2D eigenvalue weighted by molar-refractivity contribution is -0.508. The number of alkyl halides is 22. The number of nitrogens with zero attached hydrogens (tertiary/aromatic N) is 1. The summed E-state index contributed by atoms with van der Waals surface area (Å²) in [6, 6.07) is -26.2. The second-order valence-electron chi connectivity index (χ2n) is 5.60. The minimum atomic E-state index is -9.03. The number of hydrogen-bond donors (Lipinski definition) is 0. The van der Waals surface area contributed by atoms with Gasteiger partial charge in [-0.15, -0.1) is 4.90 Å². The Morgan fingerprint density at radius 1 is 0.364 bits per heavy atom. The van der Waals surface area contributed by atoms with Crippen molar-refractivity contribution in [2.45, 2.75) is 60.6 Å². The molecule has 0 fully saturated rings. The van der Waals surface area contributed by atoms with Gasteiger partial charge in [0.05, 0.1) is 0 Å². The van der Waals surface area contributed by atoms with Gasteiger partial charge in [-0.3, -0.25) is 0 Å². The van der Waals surface area contributed by atoms with Crippen LogP contribution >= 0.6 is 0 Å². The van der Waals surface area contributed by atoms with Crippen LogP contribution in [0, 0.1) is 0 Å². The zero-order chi connectivity index (χ0) is 27.7. The summed E-state index contributed by atoms with van der Waals surface area (Å²) >= 11 is 0. The Bertz CT molecular complexity index is 645. The van der Waals surface area contributed by atoms with Crippen molar-refractivity contribution in [1.82, 2.24) is 4.90 Å². The highest BCUT2D eigenvalue weighted by molar-refractivity contribution is 5.08. The summed E-state index contributed by atoms with van der Waals surface area (Å²) < 4.78 is 280. The number of rotatable bonds is 8. The molecule has 0 aliphatic heterocycles. The van der Waals surface area contributed by atoms with Gasteiger partial charge in [0.15, 0.2) is 0 Å². The van der Waals surface area contributed by atoms with Crippen molar-refractivity contribution in [3.63, 3.8) is 0 Å². The fraction of sp³-hybridized carbons (Fsp3) is 1.00. The maximum absolute atomic E-state index is 13.5. The van der Waals surface area contributed by atoms with Crippen LogP contribution < -0.4 is 0 Å². The number of hydrogen-bond acceptors (Lipinski definition) is 1. The first-order chi connectivity index (χ1) is 13.8. The first kappa shape index (κ1) is 31.4. The first-order valence-corrected chi connectivity index (χ1v) is 6.68. The normalized spacial score (nSPS) is 16.7. The smallest absolute Gasteiger partial charge is 0.202 e. The largest absolute Gasteiger partial charge is 0.460 e. The van der Waals surface area contributed by atoms with Crippen LogP contribution in [-0.2, 0) is 0 Å². The molecule has 0 N–H and O–H groups in total. The Kier molecular flexibility index (Phi) is 7.35. The van der Waals surface area contributed by atoms with Crippen molar-refractivity contribution < 1.29 is 96.6 Å². The third-order valence-electron chi connectivity index (χ3n) is 3.38. The zero-order valence-electron chi connectivity index (χ0n) is 13.8. The maximum atomic E-state index is 13.5. The highest BCUT2D eigenvalue weighted by atomic mass is 19.4. The molecule has 200 valence electrons. The highest BCUT2D eigenvalue weighted by Gasteiger charge is 2.92. The summed E-state index contributed by atoms with van der Waals surface area (Å²) in [7, 11) is 0. The monoisotopic (exact) mass is 553 g/mol. The summed E-state index contributed by atoms with van der Waals surface area (Å²) in [6.07, 6.45) is -22.6. The van der Waals surface area contributed by atoms with Gasteiger partial charge < -0.3 is 0 Å². The lowest BCUT2D eigenvalue weighted by atomic mass is 10.0. The summed E-state index contributed by atoms with van der Waals surface area (Å²) in [5.74, 6) is -34.9. The van der Waals surface area contributed by atoms with E-state index in [9.17, 15) is 96.6 Å². The molecule has 0 aromatic carbocycles. The molecule has 0 spiro atoms. The van der Waals surface area contributed by atoms with Gasteiger partial charge in [0, 0.05) is 0 Å². The standard InChI is InChI=1S/C10HF22N/c11-1(12)2(13,14)33(9(29,30)5(19,20)3(15,16)7(23,24)25)10(31,32)6(21,22)4(17,18)8(26,27)28/h1H. The Hall–Kier alpha value is -1.58. The van der Waals surface area contributed by atoms with E-state index in [1.807, 2.05) is 0 Å². The molecule has 0 aliphatic rings. The molecule has 33 heavy (non-hydrogen) atoms. The zero-order valence-corrected chi connectivity index (χ0v) is 13.8. The van der Waals surface area contributed by atoms with Crippen molar-refractivity contribution >= 4 is 0 Å². The summed E-state index contributed by atoms with van der Waals surface area (Å²) in [6.45, 7) is 0. The molecule has 0 saturated heterocycles. The summed E-state index contributed by atoms with van der Waals surface area (Å²) in [5, 5.41) is 0. The van der Waals surface area contributed by atoms with Gasteiger partial charge in [0.1, 0.15) is 0 Å². The van der Waals surface area contributed by atoms with Crippen molar-refractivity contribution in [1.29, 1.82) is 0 Å². The Labute approximate surface area is 163 Å². The van der Waals surface area contributed by atoms with Gasteiger partial charge in [0.2, 0.25) is 0 Å². The quantitative estimate of drug-likeness (QED) is 0.231. The molecule has 0 aromatic heterocycles. The highest BCUT2D eigenvalue weighted by Crippen LogP contribution is 2.62. The molecular formula is C10HF22N. The summed E-state index contributed by atoms with van der Waals surface area (Å²) in [5.41, 5.74) is 0. The van der Waals surface area contributed by atoms with Crippen LogP contribution in [0.5, 0.6) is 0 Å². The molecular weight excluding hydrogens is 552 g/mol. The third kappa shape index (κ3) is 4.21. The van der Waals surface area contributed by atoms with Gasteiger partial charge in [0.25, 0.3) is 0 Å². The van der Waals surface area contributed by atoms with Crippen LogP contribution in [0.15, 0.2) is 0 Å². The van der Waals surface area contributed by atoms with Crippen LogP contribution in [0.25, 0.3) is 0 Å². The average molecular weight is 553 g/mol. The van der Waals surface area contributed by atoms with Crippen LogP contribution in [0.3, 0.4) is 0 Å². The van der Waals surface area contributed by atoms with Gasteiger partial charge >= 0.3 is 60.6 Å². The van der Waals surface area contributed by atoms with E-state index in [0.717, 1.165) is 0 Å². The van der Waals surface area contributed by atoms with Crippen molar-refractivity contribution in [2.75, 3.05) is 0 Å². The van der Waals surface area contributed by atoms with E-state index in [1.54, 1.807) is 0 Å². The molecule has 0 radical (unpaired) electrons. The van der Waals surface area contributed by atoms with E-state index in [4.69, 9.17) is 0 Å². The van der Waals surface area contributed by atoms with Gasteiger partial charge in [-0.2, -0.15) is 87.8 Å². The van der Waals surface area contributed by atoms with Crippen LogP contribution in [0.1, 0.15) is 0 Å². The van der Waals surface area contributed by atoms with Crippen molar-refractivity contribution in [3.05, 3.63) is 0 Å². The molecule has 0 amide bonds. The predicted molar refractivity (Wildman–Crippen MR) is 54.6 cm³/mol. The Morgan fingerprint density at radius 2 is 0.576 bits per heavy atom. The molecule has 0 bridgehead atoms. The molecule has 0 unspecified atom stereocenters. The van der Waals surface area contributed by atoms with Gasteiger partial charge in [-0.05, 0) is 0 Å². The van der Waals surface area contributed by atoms with E-state index in [1.165, 1.54) is 0 Å². The average Bonchev–Trinajstić information content (AvgIpc) is 2.50. The van der Waals surface area contributed by atoms with Crippen LogP contribution in [-0.4, -0.2) is 65.5 Å². The van der Waals surface area contributed by atoms with Gasteiger partial charge in [-0.25, -0.2) is 8.78 Å².